The molecular formula is C30H36ClFN6O2. The van der Waals surface area contributed by atoms with E-state index in [2.05, 4.69) is 52.5 Å². The maximum absolute atomic E-state index is 14.0. The van der Waals surface area contributed by atoms with Crippen molar-refractivity contribution in [1.82, 2.24) is 19.8 Å². The second-order valence-corrected chi connectivity index (χ2v) is 11.8. The zero-order chi connectivity index (χ0) is 29.2. The summed E-state index contributed by atoms with van der Waals surface area (Å²) in [5.41, 5.74) is 7.61. The molecule has 1 fully saturated rings. The molecule has 10 heteroatoms. The first-order valence-corrected chi connectivity index (χ1v) is 13.7. The van der Waals surface area contributed by atoms with Crippen molar-refractivity contribution in [3.8, 4) is 11.8 Å². The Kier molecular flexibility index (Phi) is 8.83. The summed E-state index contributed by atoms with van der Waals surface area (Å²) in [6, 6.07) is 7.57. The number of benzene rings is 2. The molecule has 1 amide bonds. The van der Waals surface area contributed by atoms with Gasteiger partial charge in [-0.25, -0.2) is 24.1 Å². The van der Waals surface area contributed by atoms with E-state index in [4.69, 9.17) is 22.1 Å². The highest BCUT2D eigenvalue weighted by Crippen LogP contribution is 2.35. The summed E-state index contributed by atoms with van der Waals surface area (Å²) in [7, 11) is 2.13. The van der Waals surface area contributed by atoms with Crippen LogP contribution >= 0.6 is 11.6 Å². The number of aromatic nitrogens is 2. The van der Waals surface area contributed by atoms with Crippen molar-refractivity contribution in [2.45, 2.75) is 46.3 Å². The fourth-order valence-electron chi connectivity index (χ4n) is 4.57. The molecule has 2 N–H and O–H groups in total. The maximum atomic E-state index is 14.0. The molecule has 4 rings (SSSR count). The van der Waals surface area contributed by atoms with Crippen LogP contribution in [0.2, 0.25) is 5.02 Å². The topological polar surface area (TPSA) is 87.8 Å². The molecule has 1 atom stereocenters. The molecule has 2 heterocycles. The molecule has 0 saturated carbocycles. The van der Waals surface area contributed by atoms with Crippen molar-refractivity contribution in [3.05, 3.63) is 53.1 Å². The molecule has 40 heavy (non-hydrogen) atoms. The summed E-state index contributed by atoms with van der Waals surface area (Å²) in [6.07, 6.45) is 0.652. The molecule has 212 valence electrons. The third-order valence-corrected chi connectivity index (χ3v) is 6.94. The number of piperazine rings is 1. The number of fused-ring (bicyclic) bond motifs is 1. The zero-order valence-electron chi connectivity index (χ0n) is 23.8. The fourth-order valence-corrected chi connectivity index (χ4v) is 4.74. The number of nitrogen functional groups attached to an aromatic ring is 1. The number of carbonyl (C=O) groups excluding carboxylic acids is 1. The van der Waals surface area contributed by atoms with Gasteiger partial charge in [0.1, 0.15) is 17.7 Å². The number of ether oxygens (including phenoxy) is 1. The predicted octanol–water partition coefficient (Wildman–Crippen LogP) is 5.70. The Balaban J connectivity index is 1.77. The Morgan fingerprint density at radius 3 is 2.48 bits per heavy atom. The average Bonchev–Trinajstić information content (AvgIpc) is 2.87. The van der Waals surface area contributed by atoms with Gasteiger partial charge in [-0.3, -0.25) is 4.90 Å². The molecular weight excluding hydrogens is 531 g/mol. The number of amides is 1. The first-order chi connectivity index (χ1) is 18.8. The van der Waals surface area contributed by atoms with E-state index in [1.54, 1.807) is 32.9 Å². The predicted molar refractivity (Wildman–Crippen MR) is 158 cm³/mol. The van der Waals surface area contributed by atoms with Crippen molar-refractivity contribution in [1.29, 1.82) is 0 Å². The number of hydrogen-bond acceptors (Lipinski definition) is 7. The van der Waals surface area contributed by atoms with Crippen LogP contribution in [0.3, 0.4) is 0 Å². The van der Waals surface area contributed by atoms with E-state index in [1.165, 1.54) is 29.4 Å². The Hall–Kier alpha value is -3.45. The normalized spacial score (nSPS) is 15.5. The smallest absolute Gasteiger partial charge is 0.420 e. The molecule has 3 aromatic rings. The molecule has 1 aliphatic rings. The van der Waals surface area contributed by atoms with Crippen molar-refractivity contribution < 1.29 is 13.9 Å². The average molecular weight is 567 g/mol. The Morgan fingerprint density at radius 1 is 1.15 bits per heavy atom. The Morgan fingerprint density at radius 2 is 1.85 bits per heavy atom. The van der Waals surface area contributed by atoms with Gasteiger partial charge in [0, 0.05) is 42.8 Å². The molecule has 1 aliphatic heterocycles. The largest absolute Gasteiger partial charge is 0.443 e. The molecule has 1 saturated heterocycles. The summed E-state index contributed by atoms with van der Waals surface area (Å²) in [5.74, 6) is 6.70. The quantitative estimate of drug-likeness (QED) is 0.320. The second-order valence-electron chi connectivity index (χ2n) is 11.4. The first kappa shape index (κ1) is 29.5. The summed E-state index contributed by atoms with van der Waals surface area (Å²) < 4.78 is 19.6. The zero-order valence-corrected chi connectivity index (χ0v) is 24.6. The van der Waals surface area contributed by atoms with Crippen molar-refractivity contribution in [3.63, 3.8) is 0 Å². The van der Waals surface area contributed by atoms with Gasteiger partial charge in [0.05, 0.1) is 22.3 Å². The minimum Gasteiger partial charge on any atom is -0.443 e. The van der Waals surface area contributed by atoms with Crippen LogP contribution in [-0.4, -0.2) is 70.7 Å². The lowest BCUT2D eigenvalue weighted by Crippen LogP contribution is -2.50. The molecule has 0 spiro atoms. The molecule has 1 unspecified atom stereocenters. The molecule has 0 aliphatic carbocycles. The lowest BCUT2D eigenvalue weighted by molar-refractivity contribution is 0.0598. The lowest BCUT2D eigenvalue weighted by atomic mass is 10.0. The van der Waals surface area contributed by atoms with Gasteiger partial charge in [0.25, 0.3) is 0 Å². The van der Waals surface area contributed by atoms with E-state index >= 15 is 0 Å². The number of rotatable bonds is 4. The van der Waals surface area contributed by atoms with Gasteiger partial charge in [-0.05, 0) is 64.1 Å². The third-order valence-electron chi connectivity index (χ3n) is 6.65. The van der Waals surface area contributed by atoms with Crippen LogP contribution < -0.4 is 10.6 Å². The van der Waals surface area contributed by atoms with Gasteiger partial charge in [-0.1, -0.05) is 37.3 Å². The first-order valence-electron chi connectivity index (χ1n) is 13.3. The number of nitrogens with two attached hydrogens (primary N) is 1. The molecule has 2 aromatic carbocycles. The minimum absolute atomic E-state index is 0.0932. The highest BCUT2D eigenvalue weighted by Gasteiger charge is 2.28. The molecule has 8 nitrogen and oxygen atoms in total. The highest BCUT2D eigenvalue weighted by atomic mass is 35.5. The molecule has 0 bridgehead atoms. The van der Waals surface area contributed by atoms with Gasteiger partial charge in [-0.2, -0.15) is 0 Å². The van der Waals surface area contributed by atoms with E-state index < -0.39 is 17.5 Å². The van der Waals surface area contributed by atoms with E-state index in [0.717, 1.165) is 26.2 Å². The van der Waals surface area contributed by atoms with Gasteiger partial charge in [-0.15, -0.1) is 0 Å². The standard InChI is InChI=1S/C30H36ClFN6O2/c1-19(2)27(37-13-11-36(6)12-14-37)10-7-20-15-26-22(17-25(20)33)28(35-18-34-26)38(29(39)40-30(3,4)5)21-8-9-24(32)23(31)16-21/h8-9,15-19,27H,11-14,33H2,1-6H3. The van der Waals surface area contributed by atoms with Crippen LogP contribution in [0.15, 0.2) is 36.7 Å². The summed E-state index contributed by atoms with van der Waals surface area (Å²) >= 11 is 6.07. The number of likely N-dealkylation sites (N-methyl/N-ethyl adjacent to an activating group) is 1. The van der Waals surface area contributed by atoms with Crippen molar-refractivity contribution in [2.24, 2.45) is 5.92 Å². The number of carbonyl (C=O) groups is 1. The van der Waals surface area contributed by atoms with E-state index in [9.17, 15) is 9.18 Å². The number of nitrogens with zero attached hydrogens (tertiary/aromatic N) is 5. The van der Waals surface area contributed by atoms with Crippen LogP contribution in [0.5, 0.6) is 0 Å². The van der Waals surface area contributed by atoms with Crippen LogP contribution in [-0.2, 0) is 4.74 Å². The van der Waals surface area contributed by atoms with E-state index in [0.29, 0.717) is 28.1 Å². The summed E-state index contributed by atoms with van der Waals surface area (Å²) in [4.78, 5) is 28.2. The fraction of sp³-hybridized carbons (Fsp3) is 0.433. The summed E-state index contributed by atoms with van der Waals surface area (Å²) in [6.45, 7) is 13.6. The highest BCUT2D eigenvalue weighted by molar-refractivity contribution is 6.31. The lowest BCUT2D eigenvalue weighted by Gasteiger charge is -2.37. The van der Waals surface area contributed by atoms with Gasteiger partial charge < -0.3 is 15.4 Å². The monoisotopic (exact) mass is 566 g/mol. The van der Waals surface area contributed by atoms with Crippen molar-refractivity contribution >= 4 is 45.8 Å². The van der Waals surface area contributed by atoms with Crippen LogP contribution in [0.4, 0.5) is 26.4 Å². The van der Waals surface area contributed by atoms with Gasteiger partial charge >= 0.3 is 6.09 Å². The molecule has 0 radical (unpaired) electrons. The number of halogens is 2. The third kappa shape index (κ3) is 6.81. The van der Waals surface area contributed by atoms with E-state index in [-0.39, 0.29) is 22.6 Å². The Labute approximate surface area is 240 Å². The Bertz CT molecular complexity index is 1450. The SMILES string of the molecule is CC(C)C(C#Cc1cc2ncnc(N(C(=O)OC(C)(C)C)c3ccc(F)c(Cl)c3)c2cc1N)N1CCN(C)CC1. The van der Waals surface area contributed by atoms with Crippen molar-refractivity contribution in [2.75, 3.05) is 43.9 Å². The second kappa shape index (κ2) is 12.0. The summed E-state index contributed by atoms with van der Waals surface area (Å²) in [5, 5.41) is 0.373. The number of hydrogen-bond donors (Lipinski definition) is 1. The van der Waals surface area contributed by atoms with Crippen LogP contribution in [0.1, 0.15) is 40.2 Å². The van der Waals surface area contributed by atoms with Gasteiger partial charge in [0.2, 0.25) is 0 Å². The molecule has 1 aromatic heterocycles. The van der Waals surface area contributed by atoms with Gasteiger partial charge in [0.15, 0.2) is 5.82 Å². The number of anilines is 3. The van der Waals surface area contributed by atoms with Crippen LogP contribution in [0, 0.1) is 23.6 Å². The maximum Gasteiger partial charge on any atom is 0.420 e. The van der Waals surface area contributed by atoms with Crippen LogP contribution in [0.25, 0.3) is 10.9 Å². The minimum atomic E-state index is -0.791. The van der Waals surface area contributed by atoms with E-state index in [1.807, 2.05) is 0 Å².